The molecule has 2 fully saturated rings. The number of fused-ring (bicyclic) bond motifs is 2. The summed E-state index contributed by atoms with van der Waals surface area (Å²) >= 11 is 0. The quantitative estimate of drug-likeness (QED) is 0.565. The van der Waals surface area contributed by atoms with Crippen LogP contribution in [0.4, 0.5) is 0 Å². The topological polar surface area (TPSA) is 49.8 Å². The van der Waals surface area contributed by atoms with Crippen molar-refractivity contribution < 1.29 is 0 Å². The Morgan fingerprint density at radius 2 is 2.27 bits per heavy atom. The Morgan fingerprint density at radius 1 is 1.55 bits per heavy atom. The van der Waals surface area contributed by atoms with Gasteiger partial charge in [0.1, 0.15) is 0 Å². The molecule has 4 atom stereocenters. The number of hydrogen-bond donors (Lipinski definition) is 1. The SMILES string of the molecule is C[C@]1(C#N)C[C@@H]2C[C@H]1C[C@H]2N. The lowest BCUT2D eigenvalue weighted by Gasteiger charge is -2.29. The Bertz CT molecular complexity index is 216. The number of nitrogens with two attached hydrogens (primary N) is 1. The molecule has 2 N–H and O–H groups in total. The van der Waals surface area contributed by atoms with Crippen LogP contribution in [0.2, 0.25) is 0 Å². The first-order chi connectivity index (χ1) is 5.15. The molecule has 2 aliphatic carbocycles. The highest BCUT2D eigenvalue weighted by atomic mass is 14.7. The van der Waals surface area contributed by atoms with Crippen molar-refractivity contribution in [2.75, 3.05) is 0 Å². The Kier molecular flexibility index (Phi) is 1.28. The second kappa shape index (κ2) is 1.98. The zero-order chi connectivity index (χ0) is 8.06. The highest BCUT2D eigenvalue weighted by molar-refractivity contribution is 5.12. The minimum Gasteiger partial charge on any atom is -0.327 e. The summed E-state index contributed by atoms with van der Waals surface area (Å²) in [7, 11) is 0. The summed E-state index contributed by atoms with van der Waals surface area (Å²) in [6.45, 7) is 2.09. The van der Waals surface area contributed by atoms with E-state index in [1.807, 2.05) is 0 Å². The van der Waals surface area contributed by atoms with Crippen LogP contribution >= 0.6 is 0 Å². The van der Waals surface area contributed by atoms with E-state index in [9.17, 15) is 0 Å². The molecule has 0 aliphatic heterocycles. The summed E-state index contributed by atoms with van der Waals surface area (Å²) in [6.07, 6.45) is 3.31. The summed E-state index contributed by atoms with van der Waals surface area (Å²) in [5, 5.41) is 8.94. The summed E-state index contributed by atoms with van der Waals surface area (Å²) < 4.78 is 0. The molecule has 0 aromatic heterocycles. The largest absolute Gasteiger partial charge is 0.327 e. The number of nitrogens with zero attached hydrogens (tertiary/aromatic N) is 1. The van der Waals surface area contributed by atoms with Gasteiger partial charge in [-0.15, -0.1) is 0 Å². The van der Waals surface area contributed by atoms with Crippen LogP contribution in [0.1, 0.15) is 26.2 Å². The average Bonchev–Trinajstić information content (AvgIpc) is 2.45. The van der Waals surface area contributed by atoms with Gasteiger partial charge in [-0.05, 0) is 38.0 Å². The van der Waals surface area contributed by atoms with Gasteiger partial charge >= 0.3 is 0 Å². The standard InChI is InChI=1S/C9H14N2/c1-9(5-10)4-6-2-7(9)3-8(6)11/h6-8H,2-4,11H2,1H3/t6-,7-,8+,9+/m0/s1. The minimum atomic E-state index is -0.0411. The molecule has 2 aliphatic rings. The number of nitriles is 1. The Labute approximate surface area is 67.4 Å². The maximum atomic E-state index is 8.94. The molecule has 2 rings (SSSR count). The molecule has 2 bridgehead atoms. The predicted octanol–water partition coefficient (Wildman–Crippen LogP) is 1.27. The van der Waals surface area contributed by atoms with Crippen molar-refractivity contribution in [3.05, 3.63) is 0 Å². The first-order valence-corrected chi connectivity index (χ1v) is 4.32. The fraction of sp³-hybridized carbons (Fsp3) is 0.889. The van der Waals surface area contributed by atoms with Crippen LogP contribution in [0.3, 0.4) is 0 Å². The van der Waals surface area contributed by atoms with Crippen LogP contribution in [0.25, 0.3) is 0 Å². The summed E-state index contributed by atoms with van der Waals surface area (Å²) in [6, 6.07) is 2.83. The smallest absolute Gasteiger partial charge is 0.0689 e. The highest BCUT2D eigenvalue weighted by Crippen LogP contribution is 2.54. The Balaban J connectivity index is 2.21. The van der Waals surface area contributed by atoms with Crippen molar-refractivity contribution in [1.29, 1.82) is 5.26 Å². The van der Waals surface area contributed by atoms with Gasteiger partial charge < -0.3 is 5.73 Å². The van der Waals surface area contributed by atoms with Gasteiger partial charge in [0.2, 0.25) is 0 Å². The molecule has 0 aromatic carbocycles. The second-order valence-corrected chi connectivity index (χ2v) is 4.33. The van der Waals surface area contributed by atoms with Gasteiger partial charge in [0, 0.05) is 6.04 Å². The van der Waals surface area contributed by atoms with Gasteiger partial charge in [-0.25, -0.2) is 0 Å². The lowest BCUT2D eigenvalue weighted by molar-refractivity contribution is 0.249. The molecule has 0 amide bonds. The van der Waals surface area contributed by atoms with E-state index in [1.54, 1.807) is 0 Å². The molecule has 0 unspecified atom stereocenters. The van der Waals surface area contributed by atoms with Crippen molar-refractivity contribution in [2.45, 2.75) is 32.2 Å². The second-order valence-electron chi connectivity index (χ2n) is 4.33. The Morgan fingerprint density at radius 3 is 2.64 bits per heavy atom. The Hall–Kier alpha value is -0.550. The van der Waals surface area contributed by atoms with E-state index in [2.05, 4.69) is 13.0 Å². The molecule has 0 spiro atoms. The van der Waals surface area contributed by atoms with Crippen molar-refractivity contribution in [1.82, 2.24) is 0 Å². The predicted molar refractivity (Wildman–Crippen MR) is 42.5 cm³/mol. The van der Waals surface area contributed by atoms with E-state index < -0.39 is 0 Å². The normalized spacial score (nSPS) is 54.5. The fourth-order valence-electron chi connectivity index (χ4n) is 2.76. The molecular formula is C9H14N2. The van der Waals surface area contributed by atoms with Crippen molar-refractivity contribution in [2.24, 2.45) is 23.0 Å². The van der Waals surface area contributed by atoms with Crippen LogP contribution in [-0.4, -0.2) is 6.04 Å². The third-order valence-electron chi connectivity index (χ3n) is 3.59. The molecule has 60 valence electrons. The van der Waals surface area contributed by atoms with Gasteiger partial charge in [0.15, 0.2) is 0 Å². The van der Waals surface area contributed by atoms with Crippen LogP contribution in [-0.2, 0) is 0 Å². The average molecular weight is 150 g/mol. The van der Waals surface area contributed by atoms with Crippen LogP contribution in [0.5, 0.6) is 0 Å². The third kappa shape index (κ3) is 0.810. The minimum absolute atomic E-state index is 0.0411. The number of rotatable bonds is 0. The zero-order valence-electron chi connectivity index (χ0n) is 6.88. The lowest BCUT2D eigenvalue weighted by Crippen LogP contribution is -2.34. The summed E-state index contributed by atoms with van der Waals surface area (Å²) in [4.78, 5) is 0. The zero-order valence-corrected chi connectivity index (χ0v) is 6.88. The molecule has 0 saturated heterocycles. The van der Waals surface area contributed by atoms with Gasteiger partial charge in [-0.1, -0.05) is 0 Å². The van der Waals surface area contributed by atoms with Crippen LogP contribution in [0, 0.1) is 28.6 Å². The van der Waals surface area contributed by atoms with E-state index in [-0.39, 0.29) is 5.41 Å². The van der Waals surface area contributed by atoms with Gasteiger partial charge in [0.05, 0.1) is 11.5 Å². The number of hydrogen-bond acceptors (Lipinski definition) is 2. The van der Waals surface area contributed by atoms with Gasteiger partial charge in [-0.3, -0.25) is 0 Å². The summed E-state index contributed by atoms with van der Waals surface area (Å²) in [5.41, 5.74) is 5.85. The van der Waals surface area contributed by atoms with Crippen LogP contribution < -0.4 is 5.73 Å². The maximum Gasteiger partial charge on any atom is 0.0689 e. The van der Waals surface area contributed by atoms with E-state index in [4.69, 9.17) is 11.0 Å². The molecule has 0 radical (unpaired) electrons. The van der Waals surface area contributed by atoms with Crippen LogP contribution in [0.15, 0.2) is 0 Å². The first kappa shape index (κ1) is 7.12. The monoisotopic (exact) mass is 150 g/mol. The van der Waals surface area contributed by atoms with Gasteiger partial charge in [0.25, 0.3) is 0 Å². The first-order valence-electron chi connectivity index (χ1n) is 4.32. The van der Waals surface area contributed by atoms with Crippen molar-refractivity contribution in [3.63, 3.8) is 0 Å². The molecule has 11 heavy (non-hydrogen) atoms. The fourth-order valence-corrected chi connectivity index (χ4v) is 2.76. The third-order valence-corrected chi connectivity index (χ3v) is 3.59. The molecule has 2 nitrogen and oxygen atoms in total. The van der Waals surface area contributed by atoms with E-state index >= 15 is 0 Å². The van der Waals surface area contributed by atoms with E-state index in [1.165, 1.54) is 6.42 Å². The van der Waals surface area contributed by atoms with E-state index in [0.717, 1.165) is 12.8 Å². The summed E-state index contributed by atoms with van der Waals surface area (Å²) in [5.74, 6) is 1.23. The molecule has 0 heterocycles. The molecular weight excluding hydrogens is 136 g/mol. The van der Waals surface area contributed by atoms with Gasteiger partial charge in [-0.2, -0.15) is 5.26 Å². The van der Waals surface area contributed by atoms with E-state index in [0.29, 0.717) is 17.9 Å². The molecule has 2 heteroatoms. The molecule has 2 saturated carbocycles. The van der Waals surface area contributed by atoms with Crippen molar-refractivity contribution in [3.8, 4) is 6.07 Å². The molecule has 0 aromatic rings. The maximum absolute atomic E-state index is 8.94. The van der Waals surface area contributed by atoms with Crippen molar-refractivity contribution >= 4 is 0 Å². The lowest BCUT2D eigenvalue weighted by atomic mass is 9.75. The highest BCUT2D eigenvalue weighted by Gasteiger charge is 2.51.